The second-order valence-electron chi connectivity index (χ2n) is 4.39. The quantitative estimate of drug-likeness (QED) is 0.826. The van der Waals surface area contributed by atoms with Crippen LogP contribution in [0.4, 0.5) is 0 Å². The maximum Gasteiger partial charge on any atom is 0.247 e. The summed E-state index contributed by atoms with van der Waals surface area (Å²) in [4.78, 5) is 24.9. The van der Waals surface area contributed by atoms with Crippen molar-refractivity contribution in [3.8, 4) is 0 Å². The first-order chi connectivity index (χ1) is 9.04. The van der Waals surface area contributed by atoms with E-state index in [1.807, 2.05) is 30.3 Å². The lowest BCUT2D eigenvalue weighted by Gasteiger charge is -2.23. The number of carbonyl (C=O) groups excluding carboxylic acids is 2. The molecule has 0 unspecified atom stereocenters. The van der Waals surface area contributed by atoms with Gasteiger partial charge < -0.3 is 15.0 Å². The van der Waals surface area contributed by atoms with E-state index in [0.717, 1.165) is 5.56 Å². The van der Waals surface area contributed by atoms with Gasteiger partial charge in [-0.25, -0.2) is 0 Å². The Morgan fingerprint density at radius 1 is 1.32 bits per heavy atom. The van der Waals surface area contributed by atoms with Crippen molar-refractivity contribution in [2.75, 3.05) is 20.8 Å². The highest BCUT2D eigenvalue weighted by Crippen LogP contribution is 2.04. The van der Waals surface area contributed by atoms with E-state index >= 15 is 0 Å². The molecule has 0 saturated heterocycles. The zero-order chi connectivity index (χ0) is 14.3. The topological polar surface area (TPSA) is 58.6 Å². The highest BCUT2D eigenvalue weighted by atomic mass is 16.5. The van der Waals surface area contributed by atoms with Gasteiger partial charge in [-0.3, -0.25) is 9.59 Å². The van der Waals surface area contributed by atoms with Crippen molar-refractivity contribution in [2.24, 2.45) is 0 Å². The first-order valence-corrected chi connectivity index (χ1v) is 6.09. The number of nitrogens with zero attached hydrogens (tertiary/aromatic N) is 1. The van der Waals surface area contributed by atoms with E-state index in [-0.39, 0.29) is 18.4 Å². The zero-order valence-corrected chi connectivity index (χ0v) is 11.6. The molecule has 1 aromatic carbocycles. The van der Waals surface area contributed by atoms with Crippen molar-refractivity contribution in [3.63, 3.8) is 0 Å². The Bertz CT molecular complexity index is 420. The lowest BCUT2D eigenvalue weighted by Crippen LogP contribution is -2.48. The third-order valence-corrected chi connectivity index (χ3v) is 2.65. The Hall–Kier alpha value is -1.88. The number of nitrogens with one attached hydrogen (secondary N) is 1. The number of hydrogen-bond acceptors (Lipinski definition) is 3. The van der Waals surface area contributed by atoms with Gasteiger partial charge in [0.1, 0.15) is 6.04 Å². The number of likely N-dealkylation sites (N-methyl/N-ethyl adjacent to an activating group) is 1. The molecule has 0 aliphatic carbocycles. The van der Waals surface area contributed by atoms with Crippen molar-refractivity contribution >= 4 is 11.8 Å². The van der Waals surface area contributed by atoms with E-state index in [4.69, 9.17) is 4.74 Å². The molecule has 0 heterocycles. The first kappa shape index (κ1) is 15.2. The van der Waals surface area contributed by atoms with E-state index in [0.29, 0.717) is 6.54 Å². The predicted molar refractivity (Wildman–Crippen MR) is 72.4 cm³/mol. The summed E-state index contributed by atoms with van der Waals surface area (Å²) in [6.45, 7) is 2.05. The summed E-state index contributed by atoms with van der Waals surface area (Å²) in [5, 5.41) is 2.59. The highest BCUT2D eigenvalue weighted by Gasteiger charge is 2.22. The van der Waals surface area contributed by atoms with Crippen LogP contribution in [0.2, 0.25) is 0 Å². The Balaban J connectivity index is 2.65. The Morgan fingerprint density at radius 3 is 2.47 bits per heavy atom. The minimum atomic E-state index is -0.642. The molecule has 5 nitrogen and oxygen atoms in total. The number of hydrogen-bond donors (Lipinski definition) is 1. The summed E-state index contributed by atoms with van der Waals surface area (Å²) in [5.41, 5.74) is 1.04. The summed E-state index contributed by atoms with van der Waals surface area (Å²) in [6, 6.07) is 9.04. The van der Waals surface area contributed by atoms with Gasteiger partial charge in [-0.1, -0.05) is 30.3 Å². The fourth-order valence-corrected chi connectivity index (χ4v) is 1.79. The minimum Gasteiger partial charge on any atom is -0.382 e. The standard InChI is InChI=1S/C14H20N2O3/c1-11(17)15-13(10-19-3)14(18)16(2)9-12-7-5-4-6-8-12/h4-8,13H,9-10H2,1-3H3,(H,15,17)/t13-/m1/s1. The summed E-state index contributed by atoms with van der Waals surface area (Å²) in [7, 11) is 3.21. The lowest BCUT2D eigenvalue weighted by molar-refractivity contribution is -0.136. The van der Waals surface area contributed by atoms with E-state index in [2.05, 4.69) is 5.32 Å². The molecule has 1 aromatic rings. The van der Waals surface area contributed by atoms with E-state index in [1.54, 1.807) is 11.9 Å². The van der Waals surface area contributed by atoms with Crippen LogP contribution in [0.5, 0.6) is 0 Å². The van der Waals surface area contributed by atoms with Crippen LogP contribution in [0, 0.1) is 0 Å². The fourth-order valence-electron chi connectivity index (χ4n) is 1.79. The van der Waals surface area contributed by atoms with Gasteiger partial charge in [0.25, 0.3) is 0 Å². The van der Waals surface area contributed by atoms with Crippen molar-refractivity contribution in [1.29, 1.82) is 0 Å². The summed E-state index contributed by atoms with van der Waals surface area (Å²) in [5.74, 6) is -0.413. The molecular weight excluding hydrogens is 244 g/mol. The summed E-state index contributed by atoms with van der Waals surface area (Å²) >= 11 is 0. The van der Waals surface area contributed by atoms with Crippen molar-refractivity contribution in [2.45, 2.75) is 19.5 Å². The number of carbonyl (C=O) groups is 2. The normalized spacial score (nSPS) is 11.7. The molecule has 19 heavy (non-hydrogen) atoms. The van der Waals surface area contributed by atoms with Gasteiger partial charge in [0.05, 0.1) is 6.61 Å². The molecule has 2 amide bonds. The SMILES string of the molecule is COC[C@@H](NC(C)=O)C(=O)N(C)Cc1ccccc1. The van der Waals surface area contributed by atoms with Crippen LogP contribution in [0.25, 0.3) is 0 Å². The zero-order valence-electron chi connectivity index (χ0n) is 11.6. The van der Waals surface area contributed by atoms with Gasteiger partial charge in [0, 0.05) is 27.6 Å². The largest absolute Gasteiger partial charge is 0.382 e. The van der Waals surface area contributed by atoms with Crippen LogP contribution in [-0.4, -0.2) is 43.5 Å². The maximum atomic E-state index is 12.2. The number of methoxy groups -OCH3 is 1. The van der Waals surface area contributed by atoms with Gasteiger partial charge >= 0.3 is 0 Å². The van der Waals surface area contributed by atoms with Crippen LogP contribution in [-0.2, 0) is 20.9 Å². The first-order valence-electron chi connectivity index (χ1n) is 6.09. The molecule has 0 spiro atoms. The third-order valence-electron chi connectivity index (χ3n) is 2.65. The van der Waals surface area contributed by atoms with Crippen LogP contribution in [0.3, 0.4) is 0 Å². The molecule has 1 N–H and O–H groups in total. The van der Waals surface area contributed by atoms with Gasteiger partial charge in [0.2, 0.25) is 11.8 Å². The highest BCUT2D eigenvalue weighted by molar-refractivity contribution is 5.86. The number of benzene rings is 1. The maximum absolute atomic E-state index is 12.2. The van der Waals surface area contributed by atoms with E-state index in [9.17, 15) is 9.59 Å². The monoisotopic (exact) mass is 264 g/mol. The average molecular weight is 264 g/mol. The van der Waals surface area contributed by atoms with Crippen LogP contribution in [0.1, 0.15) is 12.5 Å². The van der Waals surface area contributed by atoms with Crippen molar-refractivity contribution in [1.82, 2.24) is 10.2 Å². The molecule has 104 valence electrons. The molecule has 5 heteroatoms. The lowest BCUT2D eigenvalue weighted by atomic mass is 10.2. The molecule has 0 aliphatic rings. The van der Waals surface area contributed by atoms with Crippen molar-refractivity contribution in [3.05, 3.63) is 35.9 Å². The fraction of sp³-hybridized carbons (Fsp3) is 0.429. The third kappa shape index (κ3) is 5.09. The molecule has 1 atom stereocenters. The Morgan fingerprint density at radius 2 is 1.95 bits per heavy atom. The van der Waals surface area contributed by atoms with Crippen molar-refractivity contribution < 1.29 is 14.3 Å². The number of ether oxygens (including phenoxy) is 1. The summed E-state index contributed by atoms with van der Waals surface area (Å²) in [6.07, 6.45) is 0. The average Bonchev–Trinajstić information content (AvgIpc) is 2.38. The van der Waals surface area contributed by atoms with Gasteiger partial charge in [-0.05, 0) is 5.56 Å². The molecule has 0 aromatic heterocycles. The molecule has 0 fully saturated rings. The molecule has 0 saturated carbocycles. The molecule has 1 rings (SSSR count). The van der Waals surface area contributed by atoms with Crippen LogP contribution < -0.4 is 5.32 Å². The second-order valence-corrected chi connectivity index (χ2v) is 4.39. The van der Waals surface area contributed by atoms with Crippen LogP contribution >= 0.6 is 0 Å². The van der Waals surface area contributed by atoms with Crippen LogP contribution in [0.15, 0.2) is 30.3 Å². The number of rotatable bonds is 6. The molecular formula is C14H20N2O3. The summed E-state index contributed by atoms with van der Waals surface area (Å²) < 4.78 is 4.96. The van der Waals surface area contributed by atoms with E-state index in [1.165, 1.54) is 14.0 Å². The molecule has 0 radical (unpaired) electrons. The number of amides is 2. The predicted octanol–water partition coefficient (Wildman–Crippen LogP) is 0.796. The minimum absolute atomic E-state index is 0.164. The Labute approximate surface area is 113 Å². The molecule has 0 aliphatic heterocycles. The van der Waals surface area contributed by atoms with Gasteiger partial charge in [0.15, 0.2) is 0 Å². The smallest absolute Gasteiger partial charge is 0.247 e. The van der Waals surface area contributed by atoms with Gasteiger partial charge in [-0.2, -0.15) is 0 Å². The molecule has 0 bridgehead atoms. The van der Waals surface area contributed by atoms with Gasteiger partial charge in [-0.15, -0.1) is 0 Å². The van der Waals surface area contributed by atoms with E-state index < -0.39 is 6.04 Å². The Kier molecular flexibility index (Phi) is 6.02. The second kappa shape index (κ2) is 7.53.